The lowest BCUT2D eigenvalue weighted by Crippen LogP contribution is -2.23. The molecule has 1 saturated heterocycles. The Morgan fingerprint density at radius 1 is 1.90 bits per heavy atom. The predicted octanol–water partition coefficient (Wildman–Crippen LogP) is -0.314. The van der Waals surface area contributed by atoms with Gasteiger partial charge in [-0.05, 0) is 6.42 Å². The molecule has 1 aliphatic rings. The van der Waals surface area contributed by atoms with Crippen molar-refractivity contribution < 1.29 is 14.6 Å². The van der Waals surface area contributed by atoms with E-state index in [0.717, 1.165) is 0 Å². The Balaban J connectivity index is 2.46. The van der Waals surface area contributed by atoms with Gasteiger partial charge in [-0.2, -0.15) is 0 Å². The monoisotopic (exact) mass is 140 g/mol. The summed E-state index contributed by atoms with van der Waals surface area (Å²) in [7, 11) is 0. The molecule has 0 bridgehead atoms. The number of carbonyl (C=O) groups is 1. The molecule has 3 nitrogen and oxygen atoms in total. The fourth-order valence-electron chi connectivity index (χ4n) is 0.876. The van der Waals surface area contributed by atoms with Crippen LogP contribution < -0.4 is 0 Å². The minimum Gasteiger partial charge on any atom is -0.459 e. The van der Waals surface area contributed by atoms with Crippen LogP contribution in [0.4, 0.5) is 0 Å². The van der Waals surface area contributed by atoms with Gasteiger partial charge in [0.1, 0.15) is 6.10 Å². The average molecular weight is 140 g/mol. The second kappa shape index (κ2) is 2.72. The molecular weight excluding hydrogens is 132 g/mol. The van der Waals surface area contributed by atoms with Crippen LogP contribution in [0.1, 0.15) is 12.8 Å². The highest BCUT2D eigenvalue weighted by Gasteiger charge is 2.28. The lowest BCUT2D eigenvalue weighted by atomic mass is 10.1. The van der Waals surface area contributed by atoms with E-state index in [1.807, 2.05) is 0 Å². The van der Waals surface area contributed by atoms with Crippen molar-refractivity contribution in [1.82, 2.24) is 0 Å². The van der Waals surface area contributed by atoms with Gasteiger partial charge in [-0.1, -0.05) is 5.92 Å². The zero-order valence-electron chi connectivity index (χ0n) is 5.41. The molecule has 0 amide bonds. The van der Waals surface area contributed by atoms with E-state index in [1.54, 1.807) is 0 Å². The molecule has 0 spiro atoms. The van der Waals surface area contributed by atoms with Gasteiger partial charge in [0.05, 0.1) is 0 Å². The second-order valence-electron chi connectivity index (χ2n) is 2.18. The first-order chi connectivity index (χ1) is 4.74. The second-order valence-corrected chi connectivity index (χ2v) is 2.18. The van der Waals surface area contributed by atoms with Crippen LogP contribution in [0.25, 0.3) is 0 Å². The number of hydrogen-bond donors (Lipinski definition) is 1. The molecule has 0 aromatic carbocycles. The van der Waals surface area contributed by atoms with Gasteiger partial charge < -0.3 is 9.84 Å². The molecule has 0 aromatic rings. The average Bonchev–Trinajstić information content (AvgIpc) is 2.34. The van der Waals surface area contributed by atoms with E-state index < -0.39 is 12.2 Å². The molecule has 10 heavy (non-hydrogen) atoms. The first-order valence-electron chi connectivity index (χ1n) is 3.07. The molecule has 2 atom stereocenters. The number of hydrogen-bond acceptors (Lipinski definition) is 3. The molecule has 0 radical (unpaired) electrons. The van der Waals surface area contributed by atoms with E-state index in [9.17, 15) is 4.79 Å². The third-order valence-electron chi connectivity index (χ3n) is 1.44. The molecular formula is C7H8O3. The molecule has 0 aliphatic carbocycles. The summed E-state index contributed by atoms with van der Waals surface area (Å²) in [6, 6.07) is 0. The molecule has 1 N–H and O–H groups in total. The minimum atomic E-state index is -0.938. The molecule has 1 rings (SSSR count). The maximum absolute atomic E-state index is 10.5. The van der Waals surface area contributed by atoms with Gasteiger partial charge in [-0.15, -0.1) is 6.42 Å². The van der Waals surface area contributed by atoms with E-state index in [0.29, 0.717) is 12.8 Å². The quantitative estimate of drug-likeness (QED) is 0.401. The number of esters is 1. The molecule has 1 aliphatic heterocycles. The smallest absolute Gasteiger partial charge is 0.306 e. The lowest BCUT2D eigenvalue weighted by Gasteiger charge is -2.09. The summed E-state index contributed by atoms with van der Waals surface area (Å²) in [6.07, 6.45) is 4.39. The Hall–Kier alpha value is -1.01. The summed E-state index contributed by atoms with van der Waals surface area (Å²) in [5.74, 6) is 1.83. The van der Waals surface area contributed by atoms with E-state index >= 15 is 0 Å². The fraction of sp³-hybridized carbons (Fsp3) is 0.571. The number of aliphatic hydroxyl groups is 1. The summed E-state index contributed by atoms with van der Waals surface area (Å²) in [5.41, 5.74) is 0. The van der Waals surface area contributed by atoms with Crippen molar-refractivity contribution in [1.29, 1.82) is 0 Å². The summed E-state index contributed by atoms with van der Waals surface area (Å²) < 4.78 is 4.68. The van der Waals surface area contributed by atoms with E-state index in [4.69, 9.17) is 11.5 Å². The third-order valence-corrected chi connectivity index (χ3v) is 1.44. The van der Waals surface area contributed by atoms with Gasteiger partial charge in [0, 0.05) is 6.42 Å². The lowest BCUT2D eigenvalue weighted by molar-refractivity contribution is -0.143. The Labute approximate surface area is 59.0 Å². The number of ether oxygens (including phenoxy) is 1. The van der Waals surface area contributed by atoms with Crippen LogP contribution in [0, 0.1) is 12.3 Å². The summed E-state index contributed by atoms with van der Waals surface area (Å²) in [4.78, 5) is 10.5. The number of carbonyl (C=O) groups excluding carboxylic acids is 1. The van der Waals surface area contributed by atoms with Crippen molar-refractivity contribution in [3.05, 3.63) is 0 Å². The van der Waals surface area contributed by atoms with Gasteiger partial charge >= 0.3 is 5.97 Å². The SMILES string of the molecule is C#C[C@H](O)[C@H]1CCC(=O)O1. The fourth-order valence-corrected chi connectivity index (χ4v) is 0.876. The predicted molar refractivity (Wildman–Crippen MR) is 34.0 cm³/mol. The maximum atomic E-state index is 10.5. The number of terminal acetylenes is 1. The normalized spacial score (nSPS) is 27.2. The molecule has 1 fully saturated rings. The van der Waals surface area contributed by atoms with Crippen LogP contribution in [0.15, 0.2) is 0 Å². The van der Waals surface area contributed by atoms with Crippen molar-refractivity contribution in [3.63, 3.8) is 0 Å². The molecule has 54 valence electrons. The first-order valence-corrected chi connectivity index (χ1v) is 3.07. The number of cyclic esters (lactones) is 1. The van der Waals surface area contributed by atoms with Crippen LogP contribution in [-0.2, 0) is 9.53 Å². The van der Waals surface area contributed by atoms with Crippen molar-refractivity contribution >= 4 is 5.97 Å². The molecule has 1 heterocycles. The van der Waals surface area contributed by atoms with Crippen LogP contribution in [-0.4, -0.2) is 23.3 Å². The van der Waals surface area contributed by atoms with Gasteiger partial charge in [0.2, 0.25) is 0 Å². The minimum absolute atomic E-state index is 0.278. The van der Waals surface area contributed by atoms with Crippen LogP contribution in [0.2, 0.25) is 0 Å². The zero-order valence-corrected chi connectivity index (χ0v) is 5.41. The van der Waals surface area contributed by atoms with E-state index in [2.05, 4.69) is 10.7 Å². The summed E-state index contributed by atoms with van der Waals surface area (Å²) in [6.45, 7) is 0. The van der Waals surface area contributed by atoms with Crippen LogP contribution in [0.3, 0.4) is 0 Å². The van der Waals surface area contributed by atoms with Gasteiger partial charge in [0.15, 0.2) is 6.10 Å². The third kappa shape index (κ3) is 1.28. The van der Waals surface area contributed by atoms with Crippen molar-refractivity contribution in [3.8, 4) is 12.3 Å². The highest BCUT2D eigenvalue weighted by molar-refractivity contribution is 5.71. The van der Waals surface area contributed by atoms with E-state index in [-0.39, 0.29) is 5.97 Å². The van der Waals surface area contributed by atoms with Crippen molar-refractivity contribution in [2.24, 2.45) is 0 Å². The van der Waals surface area contributed by atoms with Gasteiger partial charge in [-0.3, -0.25) is 4.79 Å². The Morgan fingerprint density at radius 2 is 2.60 bits per heavy atom. The topological polar surface area (TPSA) is 46.5 Å². The largest absolute Gasteiger partial charge is 0.459 e. The summed E-state index contributed by atoms with van der Waals surface area (Å²) >= 11 is 0. The molecule has 3 heteroatoms. The standard InChI is InChI=1S/C7H8O3/c1-2-5(8)6-3-4-7(9)10-6/h1,5-6,8H,3-4H2/t5-,6+/m0/s1. The van der Waals surface area contributed by atoms with Crippen molar-refractivity contribution in [2.75, 3.05) is 0 Å². The molecule has 0 aromatic heterocycles. The Kier molecular flexibility index (Phi) is 1.93. The highest BCUT2D eigenvalue weighted by Crippen LogP contribution is 2.16. The van der Waals surface area contributed by atoms with Crippen LogP contribution in [0.5, 0.6) is 0 Å². The zero-order chi connectivity index (χ0) is 7.56. The Bertz CT molecular complexity index is 180. The van der Waals surface area contributed by atoms with Crippen molar-refractivity contribution in [2.45, 2.75) is 25.0 Å². The Morgan fingerprint density at radius 3 is 3.00 bits per heavy atom. The summed E-state index contributed by atoms with van der Waals surface area (Å²) in [5, 5.41) is 8.96. The molecule has 0 saturated carbocycles. The maximum Gasteiger partial charge on any atom is 0.306 e. The highest BCUT2D eigenvalue weighted by atomic mass is 16.6. The van der Waals surface area contributed by atoms with E-state index in [1.165, 1.54) is 0 Å². The number of aliphatic hydroxyl groups excluding tert-OH is 1. The van der Waals surface area contributed by atoms with Gasteiger partial charge in [0.25, 0.3) is 0 Å². The number of rotatable bonds is 1. The van der Waals surface area contributed by atoms with Gasteiger partial charge in [-0.25, -0.2) is 0 Å². The van der Waals surface area contributed by atoms with Crippen LogP contribution >= 0.6 is 0 Å². The first kappa shape index (κ1) is 7.10. The molecule has 0 unspecified atom stereocenters.